The highest BCUT2D eigenvalue weighted by molar-refractivity contribution is 5.85. The number of fused-ring (bicyclic) bond motifs is 1. The molecule has 19 heavy (non-hydrogen) atoms. The number of benzene rings is 1. The van der Waals surface area contributed by atoms with E-state index in [0.29, 0.717) is 12.0 Å². The maximum atomic E-state index is 5.08. The second-order valence-electron chi connectivity index (χ2n) is 4.97. The minimum Gasteiger partial charge on any atom is -0.383 e. The summed E-state index contributed by atoms with van der Waals surface area (Å²) < 4.78 is 5.08. The van der Waals surface area contributed by atoms with Crippen molar-refractivity contribution in [1.29, 1.82) is 0 Å². The van der Waals surface area contributed by atoms with Crippen LogP contribution in [0.25, 0.3) is 10.8 Å². The second kappa shape index (κ2) is 6.64. The molecule has 0 spiro atoms. The lowest BCUT2D eigenvalue weighted by atomic mass is 9.91. The molecule has 3 nitrogen and oxygen atoms in total. The molecule has 0 radical (unpaired) electrons. The minimum absolute atomic E-state index is 0.404. The molecule has 2 rings (SSSR count). The molecule has 0 fully saturated rings. The zero-order valence-corrected chi connectivity index (χ0v) is 11.9. The van der Waals surface area contributed by atoms with Gasteiger partial charge >= 0.3 is 0 Å². The molecular weight excluding hydrogens is 236 g/mol. The summed E-state index contributed by atoms with van der Waals surface area (Å²) in [7, 11) is 1.73. The molecule has 2 unspecified atom stereocenters. The Labute approximate surface area is 115 Å². The third kappa shape index (κ3) is 3.31. The van der Waals surface area contributed by atoms with Gasteiger partial charge in [0.05, 0.1) is 6.61 Å². The van der Waals surface area contributed by atoms with Gasteiger partial charge in [0.1, 0.15) is 0 Å². The van der Waals surface area contributed by atoms with Crippen molar-refractivity contribution < 1.29 is 4.74 Å². The van der Waals surface area contributed by atoms with Crippen LogP contribution >= 0.6 is 0 Å². The molecule has 2 aromatic rings. The van der Waals surface area contributed by atoms with Crippen LogP contribution in [-0.4, -0.2) is 31.3 Å². The first-order valence-corrected chi connectivity index (χ1v) is 6.79. The molecule has 0 aliphatic heterocycles. The normalized spacial score (nSPS) is 14.5. The molecule has 3 heteroatoms. The molecule has 1 aromatic carbocycles. The van der Waals surface area contributed by atoms with Gasteiger partial charge in [-0.05, 0) is 29.9 Å². The average Bonchev–Trinajstić information content (AvgIpc) is 2.46. The van der Waals surface area contributed by atoms with Crippen LogP contribution in [0.3, 0.4) is 0 Å². The summed E-state index contributed by atoms with van der Waals surface area (Å²) in [5.74, 6) is 0.435. The third-order valence-electron chi connectivity index (χ3n) is 3.73. The Bertz CT molecular complexity index is 522. The van der Waals surface area contributed by atoms with E-state index >= 15 is 0 Å². The molecule has 0 saturated heterocycles. The number of rotatable bonds is 6. The van der Waals surface area contributed by atoms with Crippen LogP contribution in [0.4, 0.5) is 0 Å². The smallest absolute Gasteiger partial charge is 0.0587 e. The third-order valence-corrected chi connectivity index (χ3v) is 3.73. The van der Waals surface area contributed by atoms with Gasteiger partial charge in [-0.1, -0.05) is 25.1 Å². The highest BCUT2D eigenvalue weighted by Crippen LogP contribution is 2.26. The Morgan fingerprint density at radius 1 is 1.26 bits per heavy atom. The van der Waals surface area contributed by atoms with Crippen LogP contribution in [-0.2, 0) is 4.74 Å². The average molecular weight is 258 g/mol. The van der Waals surface area contributed by atoms with Crippen molar-refractivity contribution in [3.63, 3.8) is 0 Å². The largest absolute Gasteiger partial charge is 0.383 e. The molecule has 102 valence electrons. The van der Waals surface area contributed by atoms with E-state index in [-0.39, 0.29) is 0 Å². The summed E-state index contributed by atoms with van der Waals surface area (Å²) >= 11 is 0. The van der Waals surface area contributed by atoms with Crippen LogP contribution in [0.2, 0.25) is 0 Å². The minimum atomic E-state index is 0.404. The van der Waals surface area contributed by atoms with Crippen LogP contribution in [0.5, 0.6) is 0 Å². The number of nitrogens with zero attached hydrogens (tertiary/aromatic N) is 1. The number of ether oxygens (including phenoxy) is 1. The van der Waals surface area contributed by atoms with E-state index in [4.69, 9.17) is 4.74 Å². The maximum Gasteiger partial charge on any atom is 0.0587 e. The van der Waals surface area contributed by atoms with Crippen molar-refractivity contribution in [3.8, 4) is 0 Å². The van der Waals surface area contributed by atoms with Gasteiger partial charge in [-0.2, -0.15) is 0 Å². The highest BCUT2D eigenvalue weighted by Gasteiger charge is 2.15. The number of hydrogen-bond acceptors (Lipinski definition) is 3. The Morgan fingerprint density at radius 2 is 2.11 bits per heavy atom. The second-order valence-corrected chi connectivity index (χ2v) is 4.97. The molecule has 1 aromatic heterocycles. The number of nitrogens with one attached hydrogen (secondary N) is 1. The van der Waals surface area contributed by atoms with E-state index in [1.54, 1.807) is 7.11 Å². The summed E-state index contributed by atoms with van der Waals surface area (Å²) in [6.45, 7) is 6.10. The SMILES string of the molecule is COCCNC(C)C(C)c1cccc2ccncc12. The van der Waals surface area contributed by atoms with Crippen molar-refractivity contribution in [2.24, 2.45) is 0 Å². The van der Waals surface area contributed by atoms with E-state index in [9.17, 15) is 0 Å². The first-order chi connectivity index (χ1) is 9.24. The number of pyridine rings is 1. The van der Waals surface area contributed by atoms with Crippen LogP contribution in [0, 0.1) is 0 Å². The van der Waals surface area contributed by atoms with Gasteiger partial charge in [-0.25, -0.2) is 0 Å². The molecule has 0 aliphatic rings. The molecule has 1 heterocycles. The van der Waals surface area contributed by atoms with Gasteiger partial charge in [-0.3, -0.25) is 4.98 Å². The van der Waals surface area contributed by atoms with E-state index in [1.807, 2.05) is 12.4 Å². The Balaban J connectivity index is 2.18. The molecule has 0 bridgehead atoms. The van der Waals surface area contributed by atoms with Crippen molar-refractivity contribution in [2.75, 3.05) is 20.3 Å². The monoisotopic (exact) mass is 258 g/mol. The molecule has 0 saturated carbocycles. The zero-order valence-electron chi connectivity index (χ0n) is 11.9. The summed E-state index contributed by atoms with van der Waals surface area (Å²) in [5.41, 5.74) is 1.35. The lowest BCUT2D eigenvalue weighted by Gasteiger charge is -2.23. The fourth-order valence-electron chi connectivity index (χ4n) is 2.37. The van der Waals surface area contributed by atoms with Gasteiger partial charge in [0.25, 0.3) is 0 Å². The summed E-state index contributed by atoms with van der Waals surface area (Å²) in [6.07, 6.45) is 3.81. The number of methoxy groups -OCH3 is 1. The Hall–Kier alpha value is -1.45. The number of aromatic nitrogens is 1. The zero-order chi connectivity index (χ0) is 13.7. The predicted molar refractivity (Wildman–Crippen MR) is 79.5 cm³/mol. The lowest BCUT2D eigenvalue weighted by Crippen LogP contribution is -2.33. The van der Waals surface area contributed by atoms with E-state index in [2.05, 4.69) is 48.4 Å². The van der Waals surface area contributed by atoms with Gasteiger partial charge < -0.3 is 10.1 Å². The van der Waals surface area contributed by atoms with Gasteiger partial charge in [0, 0.05) is 37.5 Å². The molecule has 2 atom stereocenters. The Morgan fingerprint density at radius 3 is 2.89 bits per heavy atom. The molecule has 0 amide bonds. The predicted octanol–water partition coefficient (Wildman–Crippen LogP) is 2.96. The van der Waals surface area contributed by atoms with E-state index < -0.39 is 0 Å². The summed E-state index contributed by atoms with van der Waals surface area (Å²) in [6, 6.07) is 8.92. The lowest BCUT2D eigenvalue weighted by molar-refractivity contribution is 0.195. The highest BCUT2D eigenvalue weighted by atomic mass is 16.5. The Kier molecular flexibility index (Phi) is 4.88. The van der Waals surface area contributed by atoms with Gasteiger partial charge in [-0.15, -0.1) is 0 Å². The topological polar surface area (TPSA) is 34.1 Å². The van der Waals surface area contributed by atoms with Crippen molar-refractivity contribution >= 4 is 10.8 Å². The van der Waals surface area contributed by atoms with E-state index in [0.717, 1.165) is 13.2 Å². The van der Waals surface area contributed by atoms with Crippen LogP contribution < -0.4 is 5.32 Å². The van der Waals surface area contributed by atoms with Crippen LogP contribution in [0.15, 0.2) is 36.7 Å². The first kappa shape index (κ1) is 14.0. The van der Waals surface area contributed by atoms with Crippen molar-refractivity contribution in [2.45, 2.75) is 25.8 Å². The van der Waals surface area contributed by atoms with E-state index in [1.165, 1.54) is 16.3 Å². The van der Waals surface area contributed by atoms with Gasteiger partial charge in [0.15, 0.2) is 0 Å². The van der Waals surface area contributed by atoms with Gasteiger partial charge in [0.2, 0.25) is 0 Å². The molecule has 0 aliphatic carbocycles. The summed E-state index contributed by atoms with van der Waals surface area (Å²) in [5, 5.41) is 6.00. The molecule has 1 N–H and O–H groups in total. The number of hydrogen-bond donors (Lipinski definition) is 1. The first-order valence-electron chi connectivity index (χ1n) is 6.79. The maximum absolute atomic E-state index is 5.08. The van der Waals surface area contributed by atoms with Crippen LogP contribution in [0.1, 0.15) is 25.3 Å². The summed E-state index contributed by atoms with van der Waals surface area (Å²) in [4.78, 5) is 4.25. The van der Waals surface area contributed by atoms with Crippen molar-refractivity contribution in [3.05, 3.63) is 42.2 Å². The molecular formula is C16H22N2O. The fourth-order valence-corrected chi connectivity index (χ4v) is 2.37. The standard InChI is InChI=1S/C16H22N2O/c1-12(13(2)18-9-10-19-3)15-6-4-5-14-7-8-17-11-16(14)15/h4-8,11-13,18H,9-10H2,1-3H3. The van der Waals surface area contributed by atoms with Crippen molar-refractivity contribution in [1.82, 2.24) is 10.3 Å². The quantitative estimate of drug-likeness (QED) is 0.809. The fraction of sp³-hybridized carbons (Fsp3) is 0.438.